The molecular weight excluding hydrogens is 316 g/mol. The van der Waals surface area contributed by atoms with Gasteiger partial charge in [-0.2, -0.15) is 0 Å². The highest BCUT2D eigenvalue weighted by atomic mass is 32.1. The highest BCUT2D eigenvalue weighted by molar-refractivity contribution is 7.80. The van der Waals surface area contributed by atoms with Crippen LogP contribution in [-0.2, 0) is 9.59 Å². The molecule has 7 heteroatoms. The number of methoxy groups -OCH3 is 2. The average Bonchev–Trinajstić information content (AvgIpc) is 2.55. The molecule has 0 saturated carbocycles. The van der Waals surface area contributed by atoms with E-state index in [1.165, 1.54) is 37.1 Å². The number of benzene rings is 1. The van der Waals surface area contributed by atoms with E-state index in [1.807, 2.05) is 6.92 Å². The highest BCUT2D eigenvalue weighted by Crippen LogP contribution is 2.33. The lowest BCUT2D eigenvalue weighted by molar-refractivity contribution is -0.132. The third kappa shape index (κ3) is 2.79. The number of thiocarbonyl (C=S) groups is 1. The summed E-state index contributed by atoms with van der Waals surface area (Å²) in [6, 6.07) is 3.51. The van der Waals surface area contributed by atoms with Crippen LogP contribution in [0.15, 0.2) is 17.7 Å². The molecule has 0 N–H and O–H groups in total. The van der Waals surface area contributed by atoms with Crippen molar-refractivity contribution in [1.82, 2.24) is 9.80 Å². The first-order valence-electron chi connectivity index (χ1n) is 6.86. The van der Waals surface area contributed by atoms with Gasteiger partial charge in [0.2, 0.25) is 0 Å². The minimum Gasteiger partial charge on any atom is -0.496 e. The number of carbonyl (C=O) groups is 2. The van der Waals surface area contributed by atoms with Gasteiger partial charge in [0.15, 0.2) is 5.11 Å². The van der Waals surface area contributed by atoms with E-state index in [2.05, 4.69) is 0 Å². The number of carbonyl (C=O) groups excluding carboxylic acids is 2. The molecule has 1 saturated heterocycles. The summed E-state index contributed by atoms with van der Waals surface area (Å²) >= 11 is 5.07. The molecule has 122 valence electrons. The van der Waals surface area contributed by atoms with Crippen LogP contribution >= 0.6 is 12.2 Å². The summed E-state index contributed by atoms with van der Waals surface area (Å²) in [7, 11) is 6.18. The van der Waals surface area contributed by atoms with Gasteiger partial charge in [-0.1, -0.05) is 0 Å². The van der Waals surface area contributed by atoms with Gasteiger partial charge in [0.25, 0.3) is 11.8 Å². The number of hydrogen-bond donors (Lipinski definition) is 0. The lowest BCUT2D eigenvalue weighted by Crippen LogP contribution is -2.52. The molecule has 6 nitrogen and oxygen atoms in total. The Morgan fingerprint density at radius 2 is 1.61 bits per heavy atom. The summed E-state index contributed by atoms with van der Waals surface area (Å²) in [5.74, 6) is 0.346. The van der Waals surface area contributed by atoms with E-state index in [0.717, 1.165) is 5.56 Å². The molecular formula is C16H18N2O4S. The summed E-state index contributed by atoms with van der Waals surface area (Å²) in [6.45, 7) is 1.84. The van der Waals surface area contributed by atoms with Crippen LogP contribution in [0.2, 0.25) is 0 Å². The Hall–Kier alpha value is -2.41. The van der Waals surface area contributed by atoms with Crippen LogP contribution in [0.5, 0.6) is 11.5 Å². The fourth-order valence-electron chi connectivity index (χ4n) is 2.43. The first-order chi connectivity index (χ1) is 10.8. The molecule has 1 aliphatic rings. The molecule has 0 spiro atoms. The highest BCUT2D eigenvalue weighted by Gasteiger charge is 2.35. The van der Waals surface area contributed by atoms with Crippen molar-refractivity contribution in [2.75, 3.05) is 28.3 Å². The monoisotopic (exact) mass is 334 g/mol. The van der Waals surface area contributed by atoms with E-state index in [1.54, 1.807) is 19.2 Å². The lowest BCUT2D eigenvalue weighted by Gasteiger charge is -2.31. The van der Waals surface area contributed by atoms with E-state index in [-0.39, 0.29) is 10.7 Å². The largest absolute Gasteiger partial charge is 0.496 e. The van der Waals surface area contributed by atoms with Crippen molar-refractivity contribution in [3.05, 3.63) is 28.8 Å². The van der Waals surface area contributed by atoms with Crippen LogP contribution in [0, 0.1) is 6.92 Å². The summed E-state index contributed by atoms with van der Waals surface area (Å²) in [5, 5.41) is 0.176. The molecule has 1 heterocycles. The molecule has 1 aromatic rings. The zero-order valence-electron chi connectivity index (χ0n) is 13.7. The number of nitrogens with zero attached hydrogens (tertiary/aromatic N) is 2. The molecule has 2 rings (SSSR count). The molecule has 2 amide bonds. The molecule has 0 aliphatic carbocycles. The second-order valence-electron chi connectivity index (χ2n) is 5.08. The molecule has 1 aromatic carbocycles. The summed E-state index contributed by atoms with van der Waals surface area (Å²) < 4.78 is 10.7. The van der Waals surface area contributed by atoms with E-state index in [0.29, 0.717) is 17.1 Å². The fraction of sp³-hybridized carbons (Fsp3) is 0.312. The van der Waals surface area contributed by atoms with Crippen LogP contribution in [0.4, 0.5) is 0 Å². The van der Waals surface area contributed by atoms with Gasteiger partial charge in [-0.25, -0.2) is 0 Å². The normalized spacial score (nSPS) is 15.2. The zero-order valence-corrected chi connectivity index (χ0v) is 14.5. The third-order valence-electron chi connectivity index (χ3n) is 3.75. The number of ether oxygens (including phenoxy) is 2. The predicted molar refractivity (Wildman–Crippen MR) is 90.4 cm³/mol. The molecule has 1 fully saturated rings. The van der Waals surface area contributed by atoms with Crippen LogP contribution in [0.25, 0.3) is 6.08 Å². The molecule has 0 atom stereocenters. The van der Waals surface area contributed by atoms with Gasteiger partial charge in [-0.15, -0.1) is 0 Å². The minimum atomic E-state index is -0.436. The second kappa shape index (κ2) is 6.37. The first-order valence-corrected chi connectivity index (χ1v) is 7.27. The van der Waals surface area contributed by atoms with E-state index < -0.39 is 11.8 Å². The molecule has 0 radical (unpaired) electrons. The third-order valence-corrected chi connectivity index (χ3v) is 4.30. The summed E-state index contributed by atoms with van der Waals surface area (Å²) in [4.78, 5) is 27.3. The van der Waals surface area contributed by atoms with Gasteiger partial charge in [-0.3, -0.25) is 19.4 Å². The standard InChI is InChI=1S/C16H18N2O4S/c1-9-12(21-4)7-6-10(13(9)22-5)8-11-14(19)17(2)16(23)18(3)15(11)20/h6-8H,1-5H3. The molecule has 23 heavy (non-hydrogen) atoms. The number of likely N-dealkylation sites (N-methyl/N-ethyl adjacent to an activating group) is 2. The van der Waals surface area contributed by atoms with E-state index in [4.69, 9.17) is 21.7 Å². The van der Waals surface area contributed by atoms with Crippen LogP contribution < -0.4 is 9.47 Å². The molecule has 0 bridgehead atoms. The van der Waals surface area contributed by atoms with Gasteiger partial charge in [0, 0.05) is 25.2 Å². The number of rotatable bonds is 3. The van der Waals surface area contributed by atoms with E-state index >= 15 is 0 Å². The first kappa shape index (κ1) is 17.0. The fourth-order valence-corrected chi connectivity index (χ4v) is 2.60. The van der Waals surface area contributed by atoms with Gasteiger partial charge >= 0.3 is 0 Å². The van der Waals surface area contributed by atoms with Crippen molar-refractivity contribution >= 4 is 35.2 Å². The Labute approximate surface area is 140 Å². The topological polar surface area (TPSA) is 59.1 Å². The average molecular weight is 334 g/mol. The summed E-state index contributed by atoms with van der Waals surface area (Å²) in [5.41, 5.74) is 1.45. The maximum Gasteiger partial charge on any atom is 0.265 e. The number of hydrogen-bond acceptors (Lipinski definition) is 5. The van der Waals surface area contributed by atoms with Gasteiger partial charge < -0.3 is 9.47 Å². The molecule has 0 unspecified atom stereocenters. The molecule has 0 aromatic heterocycles. The zero-order chi connectivity index (χ0) is 17.3. The Morgan fingerprint density at radius 1 is 1.04 bits per heavy atom. The van der Waals surface area contributed by atoms with E-state index in [9.17, 15) is 9.59 Å². The van der Waals surface area contributed by atoms with Gasteiger partial charge in [-0.05, 0) is 37.4 Å². The van der Waals surface area contributed by atoms with Crippen LogP contribution in [-0.4, -0.2) is 55.0 Å². The number of amides is 2. The SMILES string of the molecule is COc1ccc(C=C2C(=O)N(C)C(=S)N(C)C2=O)c(OC)c1C. The van der Waals surface area contributed by atoms with Crippen LogP contribution in [0.1, 0.15) is 11.1 Å². The summed E-state index contributed by atoms with van der Waals surface area (Å²) in [6.07, 6.45) is 1.52. The van der Waals surface area contributed by atoms with Crippen molar-refractivity contribution in [3.8, 4) is 11.5 Å². The second-order valence-corrected chi connectivity index (χ2v) is 5.45. The Morgan fingerprint density at radius 3 is 2.09 bits per heavy atom. The maximum absolute atomic E-state index is 12.4. The smallest absolute Gasteiger partial charge is 0.265 e. The van der Waals surface area contributed by atoms with Crippen molar-refractivity contribution in [2.24, 2.45) is 0 Å². The van der Waals surface area contributed by atoms with Crippen molar-refractivity contribution in [1.29, 1.82) is 0 Å². The Balaban J connectivity index is 2.57. The Kier molecular flexibility index (Phi) is 4.70. The van der Waals surface area contributed by atoms with Crippen LogP contribution in [0.3, 0.4) is 0 Å². The maximum atomic E-state index is 12.4. The van der Waals surface area contributed by atoms with Crippen molar-refractivity contribution in [3.63, 3.8) is 0 Å². The van der Waals surface area contributed by atoms with Crippen molar-refractivity contribution in [2.45, 2.75) is 6.92 Å². The van der Waals surface area contributed by atoms with Crippen molar-refractivity contribution < 1.29 is 19.1 Å². The Bertz CT molecular complexity index is 701. The van der Waals surface area contributed by atoms with Gasteiger partial charge in [0.1, 0.15) is 17.1 Å². The quantitative estimate of drug-likeness (QED) is 0.477. The predicted octanol–water partition coefficient (Wildman–Crippen LogP) is 1.61. The minimum absolute atomic E-state index is 0.0338. The molecule has 1 aliphatic heterocycles. The van der Waals surface area contributed by atoms with Gasteiger partial charge in [0.05, 0.1) is 14.2 Å². The lowest BCUT2D eigenvalue weighted by atomic mass is 10.0.